The lowest BCUT2D eigenvalue weighted by atomic mass is 9.88. The SMILES string of the molecule is CC1CN(C(=O)C(=O)OCC(F)(F)F)C(c2ccccc2)CN1C1CCC1. The van der Waals surface area contributed by atoms with Gasteiger partial charge in [0.15, 0.2) is 6.61 Å². The number of piperazine rings is 1. The van der Waals surface area contributed by atoms with E-state index in [1.807, 2.05) is 37.3 Å². The van der Waals surface area contributed by atoms with Crippen molar-refractivity contribution < 1.29 is 27.5 Å². The molecule has 1 amide bonds. The van der Waals surface area contributed by atoms with E-state index in [-0.39, 0.29) is 12.6 Å². The number of carbonyl (C=O) groups is 2. The van der Waals surface area contributed by atoms with Crippen molar-refractivity contribution in [2.45, 2.75) is 50.5 Å². The predicted molar refractivity (Wildman–Crippen MR) is 91.7 cm³/mol. The van der Waals surface area contributed by atoms with Crippen molar-refractivity contribution in [3.63, 3.8) is 0 Å². The summed E-state index contributed by atoms with van der Waals surface area (Å²) in [6.45, 7) is 1.04. The Bertz CT molecular complexity index is 677. The van der Waals surface area contributed by atoms with Gasteiger partial charge in [-0.1, -0.05) is 36.8 Å². The molecule has 27 heavy (non-hydrogen) atoms. The molecule has 5 nitrogen and oxygen atoms in total. The van der Waals surface area contributed by atoms with Crippen molar-refractivity contribution in [2.24, 2.45) is 0 Å². The first kappa shape index (κ1) is 19.7. The first-order chi connectivity index (χ1) is 12.8. The molecule has 8 heteroatoms. The lowest BCUT2D eigenvalue weighted by molar-refractivity contribution is -0.190. The third kappa shape index (κ3) is 4.61. The topological polar surface area (TPSA) is 49.9 Å². The van der Waals surface area contributed by atoms with Crippen LogP contribution in [0.2, 0.25) is 0 Å². The number of ether oxygens (including phenoxy) is 1. The molecule has 0 aromatic heterocycles. The lowest BCUT2D eigenvalue weighted by Crippen LogP contribution is -2.60. The van der Waals surface area contributed by atoms with Gasteiger partial charge in [0.05, 0.1) is 6.04 Å². The van der Waals surface area contributed by atoms with Crippen LogP contribution in [0.4, 0.5) is 13.2 Å². The minimum absolute atomic E-state index is 0.0228. The molecule has 0 bridgehead atoms. The maximum absolute atomic E-state index is 12.6. The molecule has 0 spiro atoms. The van der Waals surface area contributed by atoms with Crippen LogP contribution in [0.3, 0.4) is 0 Å². The van der Waals surface area contributed by atoms with Gasteiger partial charge in [-0.25, -0.2) is 4.79 Å². The van der Waals surface area contributed by atoms with E-state index >= 15 is 0 Å². The summed E-state index contributed by atoms with van der Waals surface area (Å²) in [7, 11) is 0. The molecule has 1 saturated heterocycles. The third-order valence-corrected chi connectivity index (χ3v) is 5.32. The van der Waals surface area contributed by atoms with Gasteiger partial charge >= 0.3 is 18.1 Å². The highest BCUT2D eigenvalue weighted by atomic mass is 19.4. The zero-order valence-corrected chi connectivity index (χ0v) is 15.1. The van der Waals surface area contributed by atoms with Gasteiger partial charge in [-0.2, -0.15) is 13.2 Å². The van der Waals surface area contributed by atoms with Crippen LogP contribution in [-0.2, 0) is 14.3 Å². The number of nitrogens with zero attached hydrogens (tertiary/aromatic N) is 2. The fourth-order valence-electron chi connectivity index (χ4n) is 3.73. The summed E-state index contributed by atoms with van der Waals surface area (Å²) in [4.78, 5) is 28.2. The van der Waals surface area contributed by atoms with Crippen LogP contribution in [0.25, 0.3) is 0 Å². The fourth-order valence-corrected chi connectivity index (χ4v) is 3.73. The highest BCUT2D eigenvalue weighted by Crippen LogP contribution is 2.34. The Morgan fingerprint density at radius 2 is 1.81 bits per heavy atom. The first-order valence-corrected chi connectivity index (χ1v) is 9.11. The second kappa shape index (κ2) is 7.88. The van der Waals surface area contributed by atoms with E-state index in [2.05, 4.69) is 9.64 Å². The Kier molecular flexibility index (Phi) is 5.74. The van der Waals surface area contributed by atoms with Crippen LogP contribution in [0, 0.1) is 0 Å². The molecule has 0 N–H and O–H groups in total. The Hall–Kier alpha value is -2.09. The van der Waals surface area contributed by atoms with Gasteiger partial charge in [-0.05, 0) is 25.3 Å². The van der Waals surface area contributed by atoms with Gasteiger partial charge < -0.3 is 9.64 Å². The molecule has 1 aromatic carbocycles. The van der Waals surface area contributed by atoms with Crippen molar-refractivity contribution in [2.75, 3.05) is 19.7 Å². The second-order valence-corrected chi connectivity index (χ2v) is 7.21. The van der Waals surface area contributed by atoms with Gasteiger partial charge in [0, 0.05) is 25.2 Å². The molecule has 1 aromatic rings. The van der Waals surface area contributed by atoms with Crippen LogP contribution in [0.5, 0.6) is 0 Å². The molecule has 1 saturated carbocycles. The number of hydrogen-bond donors (Lipinski definition) is 0. The average molecular weight is 384 g/mol. The standard InChI is InChI=1S/C19H23F3N2O3/c1-13-10-24(17(25)18(26)27-12-19(20,21)22)16(14-6-3-2-4-7-14)11-23(13)15-8-5-9-15/h2-4,6-7,13,15-16H,5,8-12H2,1H3. The van der Waals surface area contributed by atoms with Crippen LogP contribution in [-0.4, -0.2) is 59.6 Å². The van der Waals surface area contributed by atoms with E-state index in [1.165, 1.54) is 11.3 Å². The molecular weight excluding hydrogens is 361 g/mol. The summed E-state index contributed by atoms with van der Waals surface area (Å²) in [5.41, 5.74) is 0.852. The number of halogens is 3. The molecule has 2 unspecified atom stereocenters. The van der Waals surface area contributed by atoms with Crippen molar-refractivity contribution in [1.29, 1.82) is 0 Å². The summed E-state index contributed by atoms with van der Waals surface area (Å²) in [6, 6.07) is 9.34. The minimum atomic E-state index is -4.66. The Morgan fingerprint density at radius 1 is 1.15 bits per heavy atom. The van der Waals surface area contributed by atoms with Crippen LogP contribution in [0.15, 0.2) is 30.3 Å². The number of rotatable bonds is 3. The quantitative estimate of drug-likeness (QED) is 0.594. The normalized spacial score (nSPS) is 24.4. The maximum Gasteiger partial charge on any atom is 0.422 e. The Balaban J connectivity index is 1.78. The van der Waals surface area contributed by atoms with E-state index in [0.717, 1.165) is 18.4 Å². The molecule has 3 rings (SSSR count). The van der Waals surface area contributed by atoms with Crippen molar-refractivity contribution in [3.05, 3.63) is 35.9 Å². The summed E-state index contributed by atoms with van der Waals surface area (Å²) < 4.78 is 41.1. The second-order valence-electron chi connectivity index (χ2n) is 7.21. The smallest absolute Gasteiger partial charge is 0.422 e. The number of esters is 1. The zero-order valence-electron chi connectivity index (χ0n) is 15.1. The van der Waals surface area contributed by atoms with E-state index in [0.29, 0.717) is 12.6 Å². The van der Waals surface area contributed by atoms with Crippen LogP contribution in [0.1, 0.15) is 37.8 Å². The van der Waals surface area contributed by atoms with Gasteiger partial charge in [-0.15, -0.1) is 0 Å². The molecule has 1 aliphatic heterocycles. The largest absolute Gasteiger partial charge is 0.449 e. The van der Waals surface area contributed by atoms with E-state index in [1.54, 1.807) is 0 Å². The molecular formula is C19H23F3N2O3. The molecule has 2 atom stereocenters. The van der Waals surface area contributed by atoms with E-state index in [4.69, 9.17) is 0 Å². The van der Waals surface area contributed by atoms with Gasteiger partial charge in [0.2, 0.25) is 0 Å². The van der Waals surface area contributed by atoms with Gasteiger partial charge in [0.25, 0.3) is 0 Å². The minimum Gasteiger partial charge on any atom is -0.449 e. The summed E-state index contributed by atoms with van der Waals surface area (Å²) in [5, 5.41) is 0. The fraction of sp³-hybridized carbons (Fsp3) is 0.579. The van der Waals surface area contributed by atoms with Crippen molar-refractivity contribution >= 4 is 11.9 Å². The summed E-state index contributed by atoms with van der Waals surface area (Å²) in [6.07, 6.45) is -1.28. The number of benzene rings is 1. The number of alkyl halides is 3. The predicted octanol–water partition coefficient (Wildman–Crippen LogP) is 2.92. The third-order valence-electron chi connectivity index (χ3n) is 5.32. The Labute approximate surface area is 156 Å². The molecule has 2 fully saturated rings. The molecule has 2 aliphatic rings. The zero-order chi connectivity index (χ0) is 19.6. The maximum atomic E-state index is 12.6. The Morgan fingerprint density at radius 3 is 2.37 bits per heavy atom. The highest BCUT2D eigenvalue weighted by Gasteiger charge is 2.42. The molecule has 0 radical (unpaired) electrons. The number of carbonyl (C=O) groups excluding carboxylic acids is 2. The number of amides is 1. The lowest BCUT2D eigenvalue weighted by Gasteiger charge is -2.50. The monoisotopic (exact) mass is 384 g/mol. The van der Waals surface area contributed by atoms with Crippen LogP contribution >= 0.6 is 0 Å². The molecule has 1 aliphatic carbocycles. The van der Waals surface area contributed by atoms with Crippen LogP contribution < -0.4 is 0 Å². The molecule has 1 heterocycles. The van der Waals surface area contributed by atoms with Crippen molar-refractivity contribution in [1.82, 2.24) is 9.80 Å². The first-order valence-electron chi connectivity index (χ1n) is 9.11. The van der Waals surface area contributed by atoms with E-state index in [9.17, 15) is 22.8 Å². The van der Waals surface area contributed by atoms with Crippen molar-refractivity contribution in [3.8, 4) is 0 Å². The summed E-state index contributed by atoms with van der Waals surface area (Å²) in [5.74, 6) is -2.48. The van der Waals surface area contributed by atoms with E-state index < -0.39 is 30.7 Å². The summed E-state index contributed by atoms with van der Waals surface area (Å²) >= 11 is 0. The van der Waals surface area contributed by atoms with Gasteiger partial charge in [-0.3, -0.25) is 9.69 Å². The molecule has 148 valence electrons. The van der Waals surface area contributed by atoms with Gasteiger partial charge in [0.1, 0.15) is 0 Å². The number of hydrogen-bond acceptors (Lipinski definition) is 4. The highest BCUT2D eigenvalue weighted by molar-refractivity contribution is 6.32. The average Bonchev–Trinajstić information content (AvgIpc) is 2.59.